The molecule has 0 radical (unpaired) electrons. The number of ether oxygens (including phenoxy) is 2. The smallest absolute Gasteiger partial charge is 0.235 e. The number of piperidine rings is 1. The molecule has 1 aromatic carbocycles. The van der Waals surface area contributed by atoms with Gasteiger partial charge in [-0.25, -0.2) is 9.97 Å². The predicted octanol–water partition coefficient (Wildman–Crippen LogP) is 2.40. The first-order valence-corrected chi connectivity index (χ1v) is 9.46. The van der Waals surface area contributed by atoms with Crippen LogP contribution in [0.5, 0.6) is 11.5 Å². The van der Waals surface area contributed by atoms with Crippen LogP contribution in [0, 0.1) is 5.41 Å². The summed E-state index contributed by atoms with van der Waals surface area (Å²) in [6.07, 6.45) is 6.40. The van der Waals surface area contributed by atoms with E-state index in [4.69, 9.17) is 9.47 Å². The number of amides is 1. The molecule has 3 aliphatic rings. The molecular weight excluding hydrogens is 344 g/mol. The molecule has 3 aliphatic heterocycles. The molecule has 0 bridgehead atoms. The summed E-state index contributed by atoms with van der Waals surface area (Å²) in [5, 5.41) is 0. The maximum atomic E-state index is 13.0. The monoisotopic (exact) mass is 366 g/mol. The van der Waals surface area contributed by atoms with Crippen molar-refractivity contribution >= 4 is 17.5 Å². The van der Waals surface area contributed by atoms with E-state index >= 15 is 0 Å². The highest BCUT2D eigenvalue weighted by Gasteiger charge is 2.53. The average Bonchev–Trinajstić information content (AvgIpc) is 3.20. The number of nitrogens with zero attached hydrogens (tertiary/aromatic N) is 4. The van der Waals surface area contributed by atoms with Gasteiger partial charge in [-0.15, -0.1) is 0 Å². The fourth-order valence-corrected chi connectivity index (χ4v) is 4.10. The number of hydrogen-bond donors (Lipinski definition) is 0. The number of hydrogen-bond acceptors (Lipinski definition) is 6. The Kier molecular flexibility index (Phi) is 3.70. The van der Waals surface area contributed by atoms with Crippen LogP contribution in [0.1, 0.15) is 25.3 Å². The van der Waals surface area contributed by atoms with Crippen molar-refractivity contribution in [2.45, 2.75) is 26.2 Å². The number of benzene rings is 1. The second-order valence-electron chi connectivity index (χ2n) is 7.44. The molecule has 2 fully saturated rings. The van der Waals surface area contributed by atoms with E-state index in [2.05, 4.69) is 21.8 Å². The molecule has 0 atom stereocenters. The van der Waals surface area contributed by atoms with Crippen LogP contribution in [0.3, 0.4) is 0 Å². The highest BCUT2D eigenvalue weighted by atomic mass is 16.7. The number of aryl methyl sites for hydroxylation is 1. The van der Waals surface area contributed by atoms with Gasteiger partial charge in [0.2, 0.25) is 18.6 Å². The molecule has 0 unspecified atom stereocenters. The van der Waals surface area contributed by atoms with Crippen LogP contribution < -0.4 is 19.3 Å². The van der Waals surface area contributed by atoms with Crippen LogP contribution in [0.15, 0.2) is 30.6 Å². The number of carbonyl (C=O) groups is 1. The van der Waals surface area contributed by atoms with Crippen molar-refractivity contribution in [3.63, 3.8) is 0 Å². The molecule has 4 heterocycles. The third kappa shape index (κ3) is 2.60. The third-order valence-electron chi connectivity index (χ3n) is 5.93. The summed E-state index contributed by atoms with van der Waals surface area (Å²) >= 11 is 0. The summed E-state index contributed by atoms with van der Waals surface area (Å²) < 4.78 is 10.8. The zero-order valence-electron chi connectivity index (χ0n) is 15.4. The van der Waals surface area contributed by atoms with E-state index in [0.29, 0.717) is 5.75 Å². The SMILES string of the molecule is CCc1cnc(N2CCC3(CC2)CN(c2ccc4c(c2)OCO4)C3=O)nc1. The van der Waals surface area contributed by atoms with E-state index in [1.54, 1.807) is 0 Å². The molecule has 0 saturated carbocycles. The van der Waals surface area contributed by atoms with Gasteiger partial charge in [0.15, 0.2) is 11.5 Å². The van der Waals surface area contributed by atoms with Crippen molar-refractivity contribution in [3.8, 4) is 11.5 Å². The lowest BCUT2D eigenvalue weighted by atomic mass is 9.71. The van der Waals surface area contributed by atoms with Crippen molar-refractivity contribution < 1.29 is 14.3 Å². The zero-order chi connectivity index (χ0) is 18.4. The summed E-state index contributed by atoms with van der Waals surface area (Å²) in [6.45, 7) is 4.72. The lowest BCUT2D eigenvalue weighted by Gasteiger charge is -2.52. The highest BCUT2D eigenvalue weighted by Crippen LogP contribution is 2.46. The van der Waals surface area contributed by atoms with E-state index in [0.717, 1.165) is 61.8 Å². The summed E-state index contributed by atoms with van der Waals surface area (Å²) in [4.78, 5) is 25.9. The molecule has 5 rings (SSSR count). The van der Waals surface area contributed by atoms with Gasteiger partial charge in [-0.1, -0.05) is 6.92 Å². The number of rotatable bonds is 3. The van der Waals surface area contributed by atoms with E-state index < -0.39 is 0 Å². The van der Waals surface area contributed by atoms with Crippen LogP contribution in [0.4, 0.5) is 11.6 Å². The van der Waals surface area contributed by atoms with Crippen molar-refractivity contribution in [1.82, 2.24) is 9.97 Å². The first kappa shape index (κ1) is 16.4. The van der Waals surface area contributed by atoms with E-state index in [1.165, 1.54) is 0 Å². The Hall–Kier alpha value is -2.83. The van der Waals surface area contributed by atoms with Crippen LogP contribution in [0.25, 0.3) is 0 Å². The maximum Gasteiger partial charge on any atom is 0.235 e. The standard InChI is InChI=1S/C20H22N4O3/c1-2-14-10-21-19(22-11-14)23-7-5-20(6-8-23)12-24(18(20)25)15-3-4-16-17(9-15)27-13-26-16/h3-4,9-11H,2,5-8,12-13H2,1H3. The van der Waals surface area contributed by atoms with Crippen LogP contribution in [-0.2, 0) is 11.2 Å². The molecule has 0 aliphatic carbocycles. The van der Waals surface area contributed by atoms with Crippen molar-refractivity contribution in [1.29, 1.82) is 0 Å². The minimum atomic E-state index is -0.240. The highest BCUT2D eigenvalue weighted by molar-refractivity contribution is 6.04. The third-order valence-corrected chi connectivity index (χ3v) is 5.93. The van der Waals surface area contributed by atoms with E-state index in [-0.39, 0.29) is 18.1 Å². The van der Waals surface area contributed by atoms with Gasteiger partial charge < -0.3 is 19.3 Å². The molecule has 1 amide bonds. The van der Waals surface area contributed by atoms with Crippen molar-refractivity contribution in [2.75, 3.05) is 36.2 Å². The van der Waals surface area contributed by atoms with E-state index in [1.807, 2.05) is 35.5 Å². The number of aromatic nitrogens is 2. The van der Waals surface area contributed by atoms with Gasteiger partial charge in [0, 0.05) is 43.8 Å². The molecule has 1 aromatic heterocycles. The molecule has 140 valence electrons. The summed E-state index contributed by atoms with van der Waals surface area (Å²) in [7, 11) is 0. The van der Waals surface area contributed by atoms with Crippen molar-refractivity contribution in [2.24, 2.45) is 5.41 Å². The average molecular weight is 366 g/mol. The summed E-state index contributed by atoms with van der Waals surface area (Å²) in [5.74, 6) is 2.43. The van der Waals surface area contributed by atoms with Gasteiger partial charge in [0.25, 0.3) is 0 Å². The molecule has 2 aromatic rings. The van der Waals surface area contributed by atoms with Gasteiger partial charge in [0.1, 0.15) is 0 Å². The summed E-state index contributed by atoms with van der Waals surface area (Å²) in [5.41, 5.74) is 1.78. The number of carbonyl (C=O) groups excluding carboxylic acids is 1. The molecule has 0 N–H and O–H groups in total. The van der Waals surface area contributed by atoms with Gasteiger partial charge in [0.05, 0.1) is 5.41 Å². The van der Waals surface area contributed by atoms with Crippen LogP contribution in [-0.4, -0.2) is 42.3 Å². The van der Waals surface area contributed by atoms with Crippen LogP contribution in [0.2, 0.25) is 0 Å². The lowest BCUT2D eigenvalue weighted by Crippen LogP contribution is -2.65. The number of anilines is 2. The second-order valence-corrected chi connectivity index (χ2v) is 7.44. The zero-order valence-corrected chi connectivity index (χ0v) is 15.4. The second kappa shape index (κ2) is 6.11. The van der Waals surface area contributed by atoms with Gasteiger partial charge >= 0.3 is 0 Å². The molecule has 7 heteroatoms. The molecule has 2 saturated heterocycles. The normalized spacial score (nSPS) is 20.1. The Morgan fingerprint density at radius 2 is 1.85 bits per heavy atom. The molecule has 27 heavy (non-hydrogen) atoms. The Labute approximate surface area is 157 Å². The van der Waals surface area contributed by atoms with Gasteiger partial charge in [-0.3, -0.25) is 4.79 Å². The molecule has 1 spiro atoms. The topological polar surface area (TPSA) is 67.8 Å². The fourth-order valence-electron chi connectivity index (χ4n) is 4.10. The lowest BCUT2D eigenvalue weighted by molar-refractivity contribution is -0.136. The Bertz CT molecular complexity index is 875. The minimum absolute atomic E-state index is 0.211. The summed E-state index contributed by atoms with van der Waals surface area (Å²) in [6, 6.07) is 5.69. The van der Waals surface area contributed by atoms with Gasteiger partial charge in [-0.2, -0.15) is 0 Å². The predicted molar refractivity (Wildman–Crippen MR) is 100 cm³/mol. The maximum absolute atomic E-state index is 13.0. The first-order valence-electron chi connectivity index (χ1n) is 9.46. The first-order chi connectivity index (χ1) is 13.2. The quantitative estimate of drug-likeness (QED) is 0.777. The minimum Gasteiger partial charge on any atom is -0.454 e. The van der Waals surface area contributed by atoms with Gasteiger partial charge in [-0.05, 0) is 37.0 Å². The fraction of sp³-hybridized carbons (Fsp3) is 0.450. The number of β-lactam (4-membered cyclic amide) rings is 1. The largest absolute Gasteiger partial charge is 0.454 e. The Morgan fingerprint density at radius 1 is 1.11 bits per heavy atom. The molecule has 7 nitrogen and oxygen atoms in total. The van der Waals surface area contributed by atoms with E-state index in [9.17, 15) is 4.79 Å². The Morgan fingerprint density at radius 3 is 2.56 bits per heavy atom. The van der Waals surface area contributed by atoms with Crippen molar-refractivity contribution in [3.05, 3.63) is 36.2 Å². The molecular formula is C20H22N4O3. The van der Waals surface area contributed by atoms with Crippen LogP contribution >= 0.6 is 0 Å². The number of fused-ring (bicyclic) bond motifs is 1. The Balaban J connectivity index is 1.25.